The van der Waals surface area contributed by atoms with Gasteiger partial charge in [-0.1, -0.05) is 97.1 Å². The Morgan fingerprint density at radius 3 is 1.61 bits per heavy atom. The quantitative estimate of drug-likeness (QED) is 0.0160. The van der Waals surface area contributed by atoms with E-state index in [0.29, 0.717) is 47.8 Å². The molecule has 7 aromatic carbocycles. The van der Waals surface area contributed by atoms with Crippen LogP contribution in [0.25, 0.3) is 33.1 Å². The second-order valence-corrected chi connectivity index (χ2v) is 26.8. The summed E-state index contributed by atoms with van der Waals surface area (Å²) in [5.41, 5.74) is 20.6. The van der Waals surface area contributed by atoms with Crippen LogP contribution in [0.1, 0.15) is 47.1 Å². The number of fused-ring (bicyclic) bond motifs is 2. The Hall–Kier alpha value is -11.1. The maximum atomic E-state index is 14.8. The molecule has 6 atom stereocenters. The number of hydrogen-bond donors (Lipinski definition) is 8. The van der Waals surface area contributed by atoms with Crippen LogP contribution in [0.3, 0.4) is 0 Å². The molecule has 0 saturated heterocycles. The summed E-state index contributed by atoms with van der Waals surface area (Å²) in [4.78, 5) is 83.1. The first-order valence-corrected chi connectivity index (χ1v) is 32.7. The van der Waals surface area contributed by atoms with E-state index in [0.717, 1.165) is 59.9 Å². The normalized spacial score (nSPS) is 19.3. The van der Waals surface area contributed by atoms with Crippen LogP contribution < -0.4 is 51.3 Å². The molecule has 2 aromatic heterocycles. The van der Waals surface area contributed by atoms with Gasteiger partial charge in [0.1, 0.15) is 30.5 Å². The molecular weight excluding hydrogens is 1290 g/mol. The molecule has 9 aromatic rings. The number of nitrogens with zero attached hydrogens (tertiary/aromatic N) is 4. The summed E-state index contributed by atoms with van der Waals surface area (Å²) in [6.45, 7) is 0.510. The molecule has 3 saturated carbocycles. The van der Waals surface area contributed by atoms with Gasteiger partial charge >= 0.3 is 5.97 Å². The number of amides is 5. The summed E-state index contributed by atoms with van der Waals surface area (Å²) < 4.78 is 63.8. The maximum absolute atomic E-state index is 14.8. The molecule has 0 spiro atoms. The molecule has 99 heavy (non-hydrogen) atoms. The SMILES string of the molecule is CN(C)c1cc(COc2ccc(C[C@]3(C(N)=O)C[C@@H]3C(=O)NO)cc2F)c2ccccc2n1.COC(=O)[C@@]1(Cc2cccc(N(C)S(=O)(=O)c3ccc(OC)cc3)c2)C[C@@H]1C(=O)NO.NC(=O)[C@@]1(Cc2ccc(OCc3cc(-c4ccccc4)nc4ccccc34)cc2)C[C@@H]1C(=O)NO. The van der Waals surface area contributed by atoms with Crippen molar-refractivity contribution in [3.8, 4) is 28.5 Å². The van der Waals surface area contributed by atoms with Crippen LogP contribution in [0.15, 0.2) is 187 Å². The Kier molecular flexibility index (Phi) is 21.2. The Balaban J connectivity index is 0.000000161. The van der Waals surface area contributed by atoms with Crippen LogP contribution in [-0.2, 0) is 76.0 Å². The summed E-state index contributed by atoms with van der Waals surface area (Å²) in [7, 11) is 4.14. The number of nitrogens with one attached hydrogen (secondary N) is 3. The molecule has 3 aliphatic carbocycles. The average Bonchev–Trinajstić information content (AvgIpc) is 1.59. The first-order valence-electron chi connectivity index (χ1n) is 31.3. The van der Waals surface area contributed by atoms with E-state index in [9.17, 15) is 41.6 Å². The molecule has 2 heterocycles. The van der Waals surface area contributed by atoms with Crippen molar-refractivity contribution in [2.45, 2.75) is 56.6 Å². The number of hydrogen-bond acceptors (Lipinski definition) is 18. The predicted molar refractivity (Wildman–Crippen MR) is 363 cm³/mol. The van der Waals surface area contributed by atoms with Crippen LogP contribution in [0, 0.1) is 39.8 Å². The number of pyridine rings is 2. The Bertz CT molecular complexity index is 4630. The first kappa shape index (κ1) is 70.7. The number of carbonyl (C=O) groups excluding carboxylic acids is 6. The van der Waals surface area contributed by atoms with E-state index >= 15 is 0 Å². The van der Waals surface area contributed by atoms with Crippen LogP contribution in [0.2, 0.25) is 0 Å². The fourth-order valence-corrected chi connectivity index (χ4v) is 13.7. The van der Waals surface area contributed by atoms with E-state index in [1.54, 1.807) is 58.9 Å². The van der Waals surface area contributed by atoms with Crippen LogP contribution in [0.5, 0.6) is 17.2 Å². The molecule has 10 N–H and O–H groups in total. The van der Waals surface area contributed by atoms with Crippen molar-refractivity contribution in [1.29, 1.82) is 0 Å². The molecule has 26 heteroatoms. The molecule has 5 amide bonds. The van der Waals surface area contributed by atoms with Gasteiger partial charge in [-0.15, -0.1) is 0 Å². The van der Waals surface area contributed by atoms with Crippen molar-refractivity contribution in [3.63, 3.8) is 0 Å². The average molecular weight is 1370 g/mol. The number of anilines is 2. The molecule has 0 radical (unpaired) electrons. The van der Waals surface area contributed by atoms with E-state index in [2.05, 4.69) is 11.1 Å². The van der Waals surface area contributed by atoms with E-state index in [1.165, 1.54) is 45.5 Å². The standard InChI is InChI=1S/C28H25N3O4.C24H25FN4O4.C21H24N2O7S/c29-27(33)28(16-23(28)26(32)31-34)15-18-10-12-21(13-11-18)35-17-20-14-25(19-6-2-1-3-7-19)30-24-9-5-4-8-22(20)24;1-29(2)21-10-15(16-5-3-4-6-19(16)27-21)13-33-20-8-7-14(9-18(20)25)11-24(23(26)31)12-17(24)22(30)28-32;1-23(31(27,28)17-9-7-16(29-2)8-10-17)15-6-4-5-14(11-15)12-21(20(25)30-3)13-18(21)19(24)22-26/h1-14,23,34H,15-17H2,(H2,29,33)(H,31,32);3-10,17,32H,11-13H2,1-2H3,(H2,26,31)(H,28,30);4-11,18,26H,12-13H2,1-3H3,(H,22,24)/t23-,28+;17-,24+;18-,21+/m111/s1. The molecule has 24 nitrogen and oxygen atoms in total. The monoisotopic (exact) mass is 1370 g/mol. The van der Waals surface area contributed by atoms with E-state index in [1.807, 2.05) is 128 Å². The number of aromatic nitrogens is 2. The third kappa shape index (κ3) is 15.4. The van der Waals surface area contributed by atoms with Crippen molar-refractivity contribution in [3.05, 3.63) is 216 Å². The number of carbonyl (C=O) groups is 6. The second kappa shape index (κ2) is 29.7. The number of nitrogens with two attached hydrogens (primary N) is 2. The highest BCUT2D eigenvalue weighted by Gasteiger charge is 2.65. The summed E-state index contributed by atoms with van der Waals surface area (Å²) in [6.07, 6.45) is 1.36. The molecule has 0 bridgehead atoms. The number of sulfonamides is 1. The molecule has 12 rings (SSSR count). The zero-order valence-corrected chi connectivity index (χ0v) is 55.5. The van der Waals surface area contributed by atoms with Crippen molar-refractivity contribution in [2.75, 3.05) is 44.6 Å². The fraction of sp³-hybridized carbons (Fsp3) is 0.260. The highest BCUT2D eigenvalue weighted by Crippen LogP contribution is 2.57. The summed E-state index contributed by atoms with van der Waals surface area (Å²) in [6, 6.07) is 54.3. The number of halogens is 1. The highest BCUT2D eigenvalue weighted by molar-refractivity contribution is 7.92. The van der Waals surface area contributed by atoms with Gasteiger partial charge in [0.15, 0.2) is 11.6 Å². The lowest BCUT2D eigenvalue weighted by molar-refractivity contribution is -0.149. The Labute approximate surface area is 569 Å². The molecule has 0 aliphatic heterocycles. The van der Waals surface area contributed by atoms with Crippen molar-refractivity contribution in [1.82, 2.24) is 26.4 Å². The third-order valence-electron chi connectivity index (χ3n) is 18.4. The first-order chi connectivity index (χ1) is 47.4. The highest BCUT2D eigenvalue weighted by atomic mass is 32.2. The topological polar surface area (TPSA) is 355 Å². The number of para-hydroxylation sites is 2. The molecule has 0 unspecified atom stereocenters. The Morgan fingerprint density at radius 2 is 1.05 bits per heavy atom. The zero-order chi connectivity index (χ0) is 71.0. The summed E-state index contributed by atoms with van der Waals surface area (Å²) >= 11 is 0. The van der Waals surface area contributed by atoms with Crippen molar-refractivity contribution < 1.29 is 76.1 Å². The minimum atomic E-state index is -3.82. The Morgan fingerprint density at radius 1 is 0.556 bits per heavy atom. The van der Waals surface area contributed by atoms with Crippen LogP contribution in [-0.4, -0.2) is 105 Å². The van der Waals surface area contributed by atoms with Gasteiger partial charge in [0.25, 0.3) is 10.0 Å². The number of benzene rings is 7. The number of esters is 1. The molecule has 3 aliphatic rings. The molecular formula is C73H74FN9O15S. The minimum absolute atomic E-state index is 0.0691. The van der Waals surface area contributed by atoms with E-state index in [-0.39, 0.29) is 42.9 Å². The van der Waals surface area contributed by atoms with Gasteiger partial charge in [0.2, 0.25) is 29.5 Å². The van der Waals surface area contributed by atoms with Crippen LogP contribution in [0.4, 0.5) is 15.9 Å². The smallest absolute Gasteiger partial charge is 0.312 e. The largest absolute Gasteiger partial charge is 0.497 e. The third-order valence-corrected chi connectivity index (χ3v) is 20.2. The van der Waals surface area contributed by atoms with Gasteiger partial charge < -0.3 is 35.3 Å². The molecule has 514 valence electrons. The minimum Gasteiger partial charge on any atom is -0.497 e. The second-order valence-electron chi connectivity index (χ2n) is 24.8. The van der Waals surface area contributed by atoms with Gasteiger partial charge in [-0.25, -0.2) is 39.2 Å². The number of rotatable bonds is 24. The van der Waals surface area contributed by atoms with Gasteiger partial charge in [0.05, 0.1) is 75.5 Å². The van der Waals surface area contributed by atoms with Crippen molar-refractivity contribution >= 4 is 78.8 Å². The van der Waals surface area contributed by atoms with Gasteiger partial charge in [-0.05, 0) is 140 Å². The lowest BCUT2D eigenvalue weighted by Gasteiger charge is -2.21. The van der Waals surface area contributed by atoms with Gasteiger partial charge in [-0.3, -0.25) is 48.7 Å². The number of hydroxylamine groups is 3. The number of primary amides is 2. The summed E-state index contributed by atoms with van der Waals surface area (Å²) in [5.74, 6) is -4.22. The van der Waals surface area contributed by atoms with Gasteiger partial charge in [0, 0.05) is 48.6 Å². The molecule has 3 fully saturated rings. The number of ether oxygens (including phenoxy) is 4. The number of methoxy groups -OCH3 is 2. The lowest BCUT2D eigenvalue weighted by atomic mass is 9.92. The van der Waals surface area contributed by atoms with Crippen LogP contribution >= 0.6 is 0 Å². The fourth-order valence-electron chi connectivity index (χ4n) is 12.5. The predicted octanol–water partition coefficient (Wildman–Crippen LogP) is 8.33. The maximum Gasteiger partial charge on any atom is 0.312 e. The summed E-state index contributed by atoms with van der Waals surface area (Å²) in [5, 5.41) is 28.6. The van der Waals surface area contributed by atoms with E-state index in [4.69, 9.17) is 51.0 Å². The van der Waals surface area contributed by atoms with Crippen molar-refractivity contribution in [2.24, 2.45) is 45.5 Å². The lowest BCUT2D eigenvalue weighted by Crippen LogP contribution is -2.33. The van der Waals surface area contributed by atoms with Gasteiger partial charge in [-0.2, -0.15) is 0 Å². The van der Waals surface area contributed by atoms with E-state index < -0.39 is 85.3 Å². The zero-order valence-electron chi connectivity index (χ0n) is 54.7.